The van der Waals surface area contributed by atoms with E-state index in [0.29, 0.717) is 0 Å². The van der Waals surface area contributed by atoms with Crippen LogP contribution in [0.5, 0.6) is 0 Å². The Labute approximate surface area is 60.6 Å². The molecule has 1 radical (unpaired) electrons. The van der Waals surface area contributed by atoms with Crippen molar-refractivity contribution in [2.24, 2.45) is 0 Å². The van der Waals surface area contributed by atoms with E-state index in [1.54, 1.807) is 6.26 Å². The first-order valence-corrected chi connectivity index (χ1v) is 3.45. The standard InChI is InChI=1S/C7H11N2O/c1-3-9(4-2)7-5-8-10-6-7/h6H,3-4H2,1-2H3. The van der Waals surface area contributed by atoms with Crippen LogP contribution in [0.2, 0.25) is 0 Å². The molecule has 0 bridgehead atoms. The number of rotatable bonds is 3. The van der Waals surface area contributed by atoms with E-state index < -0.39 is 0 Å². The first-order valence-electron chi connectivity index (χ1n) is 3.45. The third-order valence-corrected chi connectivity index (χ3v) is 1.48. The van der Waals surface area contributed by atoms with Gasteiger partial charge in [0.2, 0.25) is 0 Å². The Balaban J connectivity index is 2.64. The molecule has 0 aliphatic carbocycles. The Morgan fingerprint density at radius 2 is 2.30 bits per heavy atom. The van der Waals surface area contributed by atoms with Crippen molar-refractivity contribution < 1.29 is 4.52 Å². The highest BCUT2D eigenvalue weighted by Crippen LogP contribution is 2.09. The molecule has 0 saturated heterocycles. The molecule has 0 aliphatic heterocycles. The SMILES string of the molecule is CCN(CC)c1[c]noc1. The maximum absolute atomic E-state index is 4.65. The zero-order valence-corrected chi connectivity index (χ0v) is 6.29. The average Bonchev–Trinajstić information content (AvgIpc) is 2.43. The molecule has 1 aromatic heterocycles. The van der Waals surface area contributed by atoms with Crippen molar-refractivity contribution in [3.63, 3.8) is 0 Å². The second-order valence-electron chi connectivity index (χ2n) is 1.98. The summed E-state index contributed by atoms with van der Waals surface area (Å²) in [6.45, 7) is 6.11. The van der Waals surface area contributed by atoms with E-state index in [1.165, 1.54) is 0 Å². The second kappa shape index (κ2) is 3.25. The lowest BCUT2D eigenvalue weighted by molar-refractivity contribution is 0.418. The van der Waals surface area contributed by atoms with Crippen molar-refractivity contribution in [2.45, 2.75) is 13.8 Å². The Morgan fingerprint density at radius 1 is 1.60 bits per heavy atom. The lowest BCUT2D eigenvalue weighted by atomic mass is 10.4. The monoisotopic (exact) mass is 139 g/mol. The average molecular weight is 139 g/mol. The van der Waals surface area contributed by atoms with Gasteiger partial charge in [0.25, 0.3) is 0 Å². The maximum atomic E-state index is 4.65. The first-order chi connectivity index (χ1) is 4.88. The molecule has 0 amide bonds. The van der Waals surface area contributed by atoms with Gasteiger partial charge in [-0.2, -0.15) is 0 Å². The molecule has 0 saturated carbocycles. The van der Waals surface area contributed by atoms with Gasteiger partial charge in [-0.25, -0.2) is 0 Å². The van der Waals surface area contributed by atoms with Crippen LogP contribution in [0.3, 0.4) is 0 Å². The minimum Gasteiger partial charge on any atom is -0.368 e. The molecular formula is C7H11N2O. The van der Waals surface area contributed by atoms with Crippen molar-refractivity contribution in [1.29, 1.82) is 0 Å². The third-order valence-electron chi connectivity index (χ3n) is 1.48. The summed E-state index contributed by atoms with van der Waals surface area (Å²) in [5.74, 6) is 0. The van der Waals surface area contributed by atoms with Crippen LogP contribution in [0, 0.1) is 6.20 Å². The number of hydrogen-bond donors (Lipinski definition) is 0. The Bertz CT molecular complexity index is 168. The molecule has 0 fully saturated rings. The predicted molar refractivity (Wildman–Crippen MR) is 38.9 cm³/mol. The normalized spacial score (nSPS) is 9.80. The van der Waals surface area contributed by atoms with E-state index in [-0.39, 0.29) is 0 Å². The molecule has 0 spiro atoms. The van der Waals surface area contributed by atoms with Gasteiger partial charge in [-0.05, 0) is 13.8 Å². The van der Waals surface area contributed by atoms with Gasteiger partial charge in [-0.1, -0.05) is 5.16 Å². The summed E-state index contributed by atoms with van der Waals surface area (Å²) in [6, 6.07) is 0. The zero-order chi connectivity index (χ0) is 7.40. The van der Waals surface area contributed by atoms with Gasteiger partial charge < -0.3 is 9.42 Å². The minimum atomic E-state index is 0.935. The van der Waals surface area contributed by atoms with Crippen LogP contribution in [0.4, 0.5) is 5.69 Å². The van der Waals surface area contributed by atoms with Gasteiger partial charge >= 0.3 is 0 Å². The summed E-state index contributed by atoms with van der Waals surface area (Å²) in [7, 11) is 0. The fourth-order valence-corrected chi connectivity index (χ4v) is 0.885. The van der Waals surface area contributed by atoms with E-state index in [2.05, 4.69) is 34.6 Å². The fourth-order valence-electron chi connectivity index (χ4n) is 0.885. The zero-order valence-electron chi connectivity index (χ0n) is 6.29. The third kappa shape index (κ3) is 1.29. The summed E-state index contributed by atoms with van der Waals surface area (Å²) in [5, 5.41) is 3.50. The van der Waals surface area contributed by atoms with E-state index in [1.807, 2.05) is 0 Å². The highest BCUT2D eigenvalue weighted by Gasteiger charge is 2.02. The largest absolute Gasteiger partial charge is 0.368 e. The van der Waals surface area contributed by atoms with Crippen LogP contribution in [0.1, 0.15) is 13.8 Å². The summed E-state index contributed by atoms with van der Waals surface area (Å²) in [6.07, 6.45) is 4.35. The van der Waals surface area contributed by atoms with E-state index in [0.717, 1.165) is 18.8 Å². The van der Waals surface area contributed by atoms with Crippen molar-refractivity contribution in [2.75, 3.05) is 18.0 Å². The Hall–Kier alpha value is -0.990. The Kier molecular flexibility index (Phi) is 2.31. The van der Waals surface area contributed by atoms with Gasteiger partial charge in [0, 0.05) is 13.1 Å². The van der Waals surface area contributed by atoms with E-state index in [9.17, 15) is 0 Å². The molecule has 1 rings (SSSR count). The molecule has 3 heteroatoms. The maximum Gasteiger partial charge on any atom is 0.161 e. The number of hydrogen-bond acceptors (Lipinski definition) is 3. The molecular weight excluding hydrogens is 128 g/mol. The lowest BCUT2D eigenvalue weighted by Crippen LogP contribution is -2.21. The molecule has 0 aliphatic rings. The van der Waals surface area contributed by atoms with Crippen LogP contribution in [0.15, 0.2) is 10.8 Å². The van der Waals surface area contributed by atoms with Crippen LogP contribution in [0.25, 0.3) is 0 Å². The highest BCUT2D eigenvalue weighted by molar-refractivity contribution is 5.38. The molecule has 3 nitrogen and oxygen atoms in total. The van der Waals surface area contributed by atoms with Crippen LogP contribution in [-0.2, 0) is 0 Å². The first kappa shape index (κ1) is 7.12. The fraction of sp³-hybridized carbons (Fsp3) is 0.571. The van der Waals surface area contributed by atoms with Gasteiger partial charge in [-0.15, -0.1) is 0 Å². The van der Waals surface area contributed by atoms with Crippen molar-refractivity contribution >= 4 is 5.69 Å². The van der Waals surface area contributed by atoms with E-state index >= 15 is 0 Å². The molecule has 1 aromatic rings. The highest BCUT2D eigenvalue weighted by atomic mass is 16.5. The van der Waals surface area contributed by atoms with Crippen LogP contribution < -0.4 is 4.90 Å². The molecule has 55 valence electrons. The Morgan fingerprint density at radius 3 is 2.70 bits per heavy atom. The smallest absolute Gasteiger partial charge is 0.161 e. The molecule has 0 atom stereocenters. The van der Waals surface area contributed by atoms with Gasteiger partial charge in [-0.3, -0.25) is 0 Å². The second-order valence-corrected chi connectivity index (χ2v) is 1.98. The number of nitrogens with zero attached hydrogens (tertiary/aromatic N) is 2. The lowest BCUT2D eigenvalue weighted by Gasteiger charge is -2.16. The minimum absolute atomic E-state index is 0.935. The summed E-state index contributed by atoms with van der Waals surface area (Å²) in [4.78, 5) is 2.12. The quantitative estimate of drug-likeness (QED) is 0.632. The summed E-state index contributed by atoms with van der Waals surface area (Å²) >= 11 is 0. The molecule has 10 heavy (non-hydrogen) atoms. The molecule has 1 heterocycles. The topological polar surface area (TPSA) is 29.3 Å². The van der Waals surface area contributed by atoms with Crippen molar-refractivity contribution in [3.05, 3.63) is 12.5 Å². The summed E-state index contributed by atoms with van der Waals surface area (Å²) < 4.78 is 4.65. The van der Waals surface area contributed by atoms with Crippen molar-refractivity contribution in [3.8, 4) is 0 Å². The summed E-state index contributed by atoms with van der Waals surface area (Å²) in [5.41, 5.74) is 0.935. The van der Waals surface area contributed by atoms with Gasteiger partial charge in [0.1, 0.15) is 12.0 Å². The molecule has 0 unspecified atom stereocenters. The van der Waals surface area contributed by atoms with Crippen LogP contribution in [-0.4, -0.2) is 18.2 Å². The molecule has 0 N–H and O–H groups in total. The van der Waals surface area contributed by atoms with Gasteiger partial charge in [0.05, 0.1) is 0 Å². The number of anilines is 1. The predicted octanol–water partition coefficient (Wildman–Crippen LogP) is 1.32. The van der Waals surface area contributed by atoms with Crippen LogP contribution >= 0.6 is 0 Å². The number of aromatic nitrogens is 1. The van der Waals surface area contributed by atoms with Crippen molar-refractivity contribution in [1.82, 2.24) is 5.16 Å². The van der Waals surface area contributed by atoms with E-state index in [4.69, 9.17) is 0 Å². The van der Waals surface area contributed by atoms with Gasteiger partial charge in [0.15, 0.2) is 6.20 Å². The molecule has 0 aromatic carbocycles.